The lowest BCUT2D eigenvalue weighted by atomic mass is 10.1. The highest BCUT2D eigenvalue weighted by Gasteiger charge is 2.14. The van der Waals surface area contributed by atoms with Crippen molar-refractivity contribution in [3.8, 4) is 17.1 Å². The summed E-state index contributed by atoms with van der Waals surface area (Å²) in [4.78, 5) is 28.9. The van der Waals surface area contributed by atoms with Crippen LogP contribution in [-0.2, 0) is 11.2 Å². The third kappa shape index (κ3) is 5.20. The number of hydrogen-bond acceptors (Lipinski definition) is 7. The largest absolute Gasteiger partial charge is 0.476 e. The minimum absolute atomic E-state index is 0.0504. The number of fused-ring (bicyclic) bond motifs is 1. The molecule has 0 radical (unpaired) electrons. The number of amides is 1. The maximum Gasteiger partial charge on any atom is 0.226 e. The average molecular weight is 477 g/mol. The van der Waals surface area contributed by atoms with Crippen molar-refractivity contribution in [1.82, 2.24) is 24.7 Å². The number of nitrogens with one attached hydrogen (secondary N) is 1. The standard InChI is InChI=1S/C25H28N6O2S/c1-18-5-7-19(8-6-18)21-15-31-20(16-34-25(31)29-21)13-23(32)26-9-12-33-24-14-22(27-17-28-24)30-10-3-2-4-11-30/h5-8,14-17H,2-4,9-13H2,1H3,(H,26,32). The number of benzene rings is 1. The van der Waals surface area contributed by atoms with E-state index in [1.807, 2.05) is 22.0 Å². The first-order valence-electron chi connectivity index (χ1n) is 11.6. The molecule has 9 heteroatoms. The van der Waals surface area contributed by atoms with Gasteiger partial charge in [-0.3, -0.25) is 9.20 Å². The molecule has 1 aromatic carbocycles. The Hall–Kier alpha value is -3.46. The lowest BCUT2D eigenvalue weighted by Crippen LogP contribution is -2.30. The average Bonchev–Trinajstić information content (AvgIpc) is 3.45. The topological polar surface area (TPSA) is 84.6 Å². The Labute approximate surface area is 202 Å². The minimum atomic E-state index is -0.0504. The Morgan fingerprint density at radius 2 is 1.97 bits per heavy atom. The molecular formula is C25H28N6O2S. The Balaban J connectivity index is 1.12. The smallest absolute Gasteiger partial charge is 0.226 e. The van der Waals surface area contributed by atoms with Gasteiger partial charge in [0, 0.05) is 42.0 Å². The summed E-state index contributed by atoms with van der Waals surface area (Å²) in [5.74, 6) is 1.39. The van der Waals surface area contributed by atoms with E-state index in [-0.39, 0.29) is 12.3 Å². The number of carbonyl (C=O) groups is 1. The van der Waals surface area contributed by atoms with Crippen LogP contribution < -0.4 is 15.0 Å². The molecule has 5 rings (SSSR count). The fourth-order valence-corrected chi connectivity index (χ4v) is 4.97. The van der Waals surface area contributed by atoms with E-state index in [1.54, 1.807) is 11.3 Å². The van der Waals surface area contributed by atoms with Gasteiger partial charge in [-0.15, -0.1) is 11.3 Å². The number of imidazole rings is 1. The molecule has 0 atom stereocenters. The van der Waals surface area contributed by atoms with Crippen molar-refractivity contribution >= 4 is 28.0 Å². The van der Waals surface area contributed by atoms with Crippen LogP contribution in [0, 0.1) is 6.92 Å². The number of hydrogen-bond donors (Lipinski definition) is 1. The monoisotopic (exact) mass is 476 g/mol. The summed E-state index contributed by atoms with van der Waals surface area (Å²) >= 11 is 1.54. The van der Waals surface area contributed by atoms with E-state index in [1.165, 1.54) is 31.2 Å². The van der Waals surface area contributed by atoms with Crippen LogP contribution in [0.4, 0.5) is 5.82 Å². The number of anilines is 1. The number of rotatable bonds is 8. The number of aryl methyl sites for hydroxylation is 1. The lowest BCUT2D eigenvalue weighted by Gasteiger charge is -2.27. The number of nitrogens with zero attached hydrogens (tertiary/aromatic N) is 5. The zero-order chi connectivity index (χ0) is 23.3. The van der Waals surface area contributed by atoms with Crippen molar-refractivity contribution in [2.45, 2.75) is 32.6 Å². The molecular weight excluding hydrogens is 448 g/mol. The van der Waals surface area contributed by atoms with Crippen LogP contribution in [0.25, 0.3) is 16.2 Å². The van der Waals surface area contributed by atoms with Crippen molar-refractivity contribution in [3.63, 3.8) is 0 Å². The first kappa shape index (κ1) is 22.3. The molecule has 1 N–H and O–H groups in total. The van der Waals surface area contributed by atoms with Gasteiger partial charge in [0.05, 0.1) is 18.7 Å². The van der Waals surface area contributed by atoms with Crippen molar-refractivity contribution in [2.75, 3.05) is 31.1 Å². The maximum atomic E-state index is 12.5. The van der Waals surface area contributed by atoms with Gasteiger partial charge in [-0.05, 0) is 26.2 Å². The van der Waals surface area contributed by atoms with Gasteiger partial charge in [0.25, 0.3) is 0 Å². The summed E-state index contributed by atoms with van der Waals surface area (Å²) in [6.45, 7) is 4.87. The molecule has 4 aromatic rings. The zero-order valence-electron chi connectivity index (χ0n) is 19.2. The second-order valence-corrected chi connectivity index (χ2v) is 9.35. The number of thiazole rings is 1. The number of carbonyl (C=O) groups excluding carboxylic acids is 1. The van der Waals surface area contributed by atoms with Crippen molar-refractivity contribution in [1.29, 1.82) is 0 Å². The van der Waals surface area contributed by atoms with Crippen LogP contribution in [0.1, 0.15) is 30.5 Å². The highest BCUT2D eigenvalue weighted by Crippen LogP contribution is 2.24. The minimum Gasteiger partial charge on any atom is -0.476 e. The highest BCUT2D eigenvalue weighted by molar-refractivity contribution is 7.15. The molecule has 0 unspecified atom stereocenters. The number of aromatic nitrogens is 4. The maximum absolute atomic E-state index is 12.5. The summed E-state index contributed by atoms with van der Waals surface area (Å²) in [5.41, 5.74) is 4.12. The van der Waals surface area contributed by atoms with E-state index in [4.69, 9.17) is 9.72 Å². The summed E-state index contributed by atoms with van der Waals surface area (Å²) < 4.78 is 7.75. The molecule has 1 aliphatic rings. The molecule has 0 bridgehead atoms. The van der Waals surface area contributed by atoms with Gasteiger partial charge >= 0.3 is 0 Å². The first-order chi connectivity index (χ1) is 16.7. The predicted octanol–water partition coefficient (Wildman–Crippen LogP) is 3.89. The Kier molecular flexibility index (Phi) is 6.71. The molecule has 8 nitrogen and oxygen atoms in total. The first-order valence-corrected chi connectivity index (χ1v) is 12.5. The van der Waals surface area contributed by atoms with Crippen molar-refractivity contribution < 1.29 is 9.53 Å². The van der Waals surface area contributed by atoms with Crippen LogP contribution in [0.2, 0.25) is 0 Å². The van der Waals surface area contributed by atoms with Gasteiger partial charge in [-0.25, -0.2) is 15.0 Å². The normalized spacial score (nSPS) is 13.9. The van der Waals surface area contributed by atoms with Crippen LogP contribution in [0.5, 0.6) is 5.88 Å². The fourth-order valence-electron chi connectivity index (χ4n) is 4.10. The zero-order valence-corrected chi connectivity index (χ0v) is 20.1. The number of ether oxygens (including phenoxy) is 1. The lowest BCUT2D eigenvalue weighted by molar-refractivity contribution is -0.120. The highest BCUT2D eigenvalue weighted by atomic mass is 32.1. The van der Waals surface area contributed by atoms with Gasteiger partial charge in [0.15, 0.2) is 4.96 Å². The van der Waals surface area contributed by atoms with Crippen LogP contribution in [0.15, 0.2) is 48.2 Å². The van der Waals surface area contributed by atoms with E-state index in [2.05, 4.69) is 51.4 Å². The van der Waals surface area contributed by atoms with E-state index in [9.17, 15) is 4.79 Å². The molecule has 0 aliphatic carbocycles. The molecule has 34 heavy (non-hydrogen) atoms. The van der Waals surface area contributed by atoms with Crippen molar-refractivity contribution in [2.24, 2.45) is 0 Å². The van der Waals surface area contributed by atoms with Crippen LogP contribution in [-0.4, -0.2) is 51.5 Å². The molecule has 1 amide bonds. The molecule has 3 aromatic heterocycles. The van der Waals surface area contributed by atoms with Crippen LogP contribution >= 0.6 is 11.3 Å². The van der Waals surface area contributed by atoms with Crippen molar-refractivity contribution in [3.05, 3.63) is 59.5 Å². The fraction of sp³-hybridized carbons (Fsp3) is 0.360. The molecule has 1 fully saturated rings. The SMILES string of the molecule is Cc1ccc(-c2cn3c(CC(=O)NCCOc4cc(N5CCCCC5)ncn4)csc3n2)cc1. The van der Waals surface area contributed by atoms with Gasteiger partial charge in [-0.1, -0.05) is 29.8 Å². The predicted molar refractivity (Wildman–Crippen MR) is 134 cm³/mol. The van der Waals surface area contributed by atoms with Gasteiger partial charge < -0.3 is 15.0 Å². The van der Waals surface area contributed by atoms with E-state index >= 15 is 0 Å². The molecule has 1 aliphatic heterocycles. The van der Waals surface area contributed by atoms with Gasteiger partial charge in [0.1, 0.15) is 18.8 Å². The summed E-state index contributed by atoms with van der Waals surface area (Å²) in [5, 5.41) is 4.92. The summed E-state index contributed by atoms with van der Waals surface area (Å²) in [7, 11) is 0. The second kappa shape index (κ2) is 10.2. The third-order valence-corrected chi connectivity index (χ3v) is 6.84. The van der Waals surface area contributed by atoms with Crippen LogP contribution in [0.3, 0.4) is 0 Å². The molecule has 0 saturated carbocycles. The van der Waals surface area contributed by atoms with Gasteiger partial charge in [0.2, 0.25) is 11.8 Å². The molecule has 176 valence electrons. The van der Waals surface area contributed by atoms with Gasteiger partial charge in [-0.2, -0.15) is 0 Å². The number of piperidine rings is 1. The quantitative estimate of drug-likeness (QED) is 0.389. The third-order valence-electron chi connectivity index (χ3n) is 5.95. The summed E-state index contributed by atoms with van der Waals surface area (Å²) in [6.07, 6.45) is 7.48. The Morgan fingerprint density at radius 3 is 2.79 bits per heavy atom. The molecule has 4 heterocycles. The molecule has 1 saturated heterocycles. The second-order valence-electron chi connectivity index (χ2n) is 8.51. The molecule has 0 spiro atoms. The van der Waals surface area contributed by atoms with E-state index < -0.39 is 0 Å². The summed E-state index contributed by atoms with van der Waals surface area (Å²) in [6, 6.07) is 10.2. The van der Waals surface area contributed by atoms with E-state index in [0.29, 0.717) is 19.0 Å². The van der Waals surface area contributed by atoms with E-state index in [0.717, 1.165) is 40.8 Å². The Morgan fingerprint density at radius 1 is 1.15 bits per heavy atom. The Bertz CT molecular complexity index is 1260.